The smallest absolute Gasteiger partial charge is 0.257 e. The minimum atomic E-state index is -3.34. The minimum Gasteiger partial charge on any atom is -0.296 e. The summed E-state index contributed by atoms with van der Waals surface area (Å²) in [4.78, 5) is 12.5. The van der Waals surface area contributed by atoms with Gasteiger partial charge in [-0.05, 0) is 42.7 Å². The number of hydrogen-bond acceptors (Lipinski definition) is 6. The number of hydrogen-bond donors (Lipinski definition) is 1. The SMILES string of the molecule is O=C(Nc1nnc(-c2ccc(Cl)cc2)s1)c1ccc(CS(=O)(=O)N2CCCCC2)cc1. The van der Waals surface area contributed by atoms with Crippen molar-refractivity contribution in [3.63, 3.8) is 0 Å². The van der Waals surface area contributed by atoms with E-state index in [0.29, 0.717) is 39.4 Å². The second-order valence-corrected chi connectivity index (χ2v) is 10.7. The van der Waals surface area contributed by atoms with E-state index in [1.165, 1.54) is 11.3 Å². The zero-order chi connectivity index (χ0) is 21.8. The third-order valence-corrected chi connectivity index (χ3v) is 8.00. The Hall–Kier alpha value is -2.33. The molecule has 1 amide bonds. The molecular weight excluding hydrogens is 456 g/mol. The number of nitrogens with one attached hydrogen (secondary N) is 1. The topological polar surface area (TPSA) is 92.3 Å². The highest BCUT2D eigenvalue weighted by atomic mass is 35.5. The molecule has 0 atom stereocenters. The Bertz CT molecular complexity index is 1160. The van der Waals surface area contributed by atoms with Gasteiger partial charge in [0.2, 0.25) is 15.2 Å². The molecule has 162 valence electrons. The molecule has 1 saturated heterocycles. The maximum Gasteiger partial charge on any atom is 0.257 e. The van der Waals surface area contributed by atoms with Crippen LogP contribution in [0.5, 0.6) is 0 Å². The molecule has 4 rings (SSSR count). The van der Waals surface area contributed by atoms with Gasteiger partial charge < -0.3 is 0 Å². The Morgan fingerprint density at radius 3 is 2.35 bits per heavy atom. The van der Waals surface area contributed by atoms with Gasteiger partial charge in [-0.2, -0.15) is 0 Å². The van der Waals surface area contributed by atoms with E-state index in [2.05, 4.69) is 15.5 Å². The Morgan fingerprint density at radius 2 is 1.68 bits per heavy atom. The van der Waals surface area contributed by atoms with Crippen LogP contribution in [0.15, 0.2) is 48.5 Å². The fourth-order valence-corrected chi connectivity index (χ4v) is 5.83. The van der Waals surface area contributed by atoms with Crippen LogP contribution in [-0.2, 0) is 15.8 Å². The van der Waals surface area contributed by atoms with Crippen LogP contribution < -0.4 is 5.32 Å². The van der Waals surface area contributed by atoms with Crippen LogP contribution in [0.3, 0.4) is 0 Å². The predicted molar refractivity (Wildman–Crippen MR) is 123 cm³/mol. The fourth-order valence-electron chi connectivity index (χ4n) is 3.35. The predicted octanol–water partition coefficient (Wildman–Crippen LogP) is 4.43. The van der Waals surface area contributed by atoms with Gasteiger partial charge in [0.15, 0.2) is 0 Å². The Balaban J connectivity index is 1.39. The summed E-state index contributed by atoms with van der Waals surface area (Å²) in [6, 6.07) is 13.8. The lowest BCUT2D eigenvalue weighted by molar-refractivity contribution is 0.102. The molecule has 0 unspecified atom stereocenters. The fraction of sp³-hybridized carbons (Fsp3) is 0.286. The largest absolute Gasteiger partial charge is 0.296 e. The lowest BCUT2D eigenvalue weighted by Crippen LogP contribution is -2.36. The molecule has 2 heterocycles. The molecule has 2 aromatic carbocycles. The molecule has 0 aliphatic carbocycles. The van der Waals surface area contributed by atoms with E-state index in [-0.39, 0.29) is 11.7 Å². The molecule has 3 aromatic rings. The Labute approximate surface area is 190 Å². The summed E-state index contributed by atoms with van der Waals surface area (Å²) in [5, 5.41) is 12.5. The van der Waals surface area contributed by atoms with Crippen molar-refractivity contribution < 1.29 is 13.2 Å². The molecule has 1 aliphatic heterocycles. The van der Waals surface area contributed by atoms with Crippen molar-refractivity contribution in [3.8, 4) is 10.6 Å². The van der Waals surface area contributed by atoms with Gasteiger partial charge in [0.1, 0.15) is 5.01 Å². The standard InChI is InChI=1S/C21H21ClN4O3S2/c22-18-10-8-17(9-11-18)20-24-25-21(30-20)23-19(27)16-6-4-15(5-7-16)14-31(28,29)26-12-2-1-3-13-26/h4-11H,1-3,12-14H2,(H,23,25,27). The number of aromatic nitrogens is 2. The van der Waals surface area contributed by atoms with E-state index in [4.69, 9.17) is 11.6 Å². The summed E-state index contributed by atoms with van der Waals surface area (Å²) in [5.41, 5.74) is 1.94. The maximum atomic E-state index is 12.6. The van der Waals surface area contributed by atoms with Crippen molar-refractivity contribution in [2.45, 2.75) is 25.0 Å². The number of benzene rings is 2. The molecule has 0 spiro atoms. The molecule has 0 radical (unpaired) electrons. The number of nitrogens with zero attached hydrogens (tertiary/aromatic N) is 3. The normalized spacial score (nSPS) is 15.0. The molecule has 1 aliphatic rings. The second-order valence-electron chi connectivity index (χ2n) is 7.29. The minimum absolute atomic E-state index is 0.0598. The highest BCUT2D eigenvalue weighted by Gasteiger charge is 2.24. The van der Waals surface area contributed by atoms with Gasteiger partial charge in [0.05, 0.1) is 5.75 Å². The summed E-state index contributed by atoms with van der Waals surface area (Å²) < 4.78 is 26.7. The van der Waals surface area contributed by atoms with E-state index < -0.39 is 10.0 Å². The van der Waals surface area contributed by atoms with Gasteiger partial charge in [-0.25, -0.2) is 12.7 Å². The number of carbonyl (C=O) groups excluding carboxylic acids is 1. The molecule has 31 heavy (non-hydrogen) atoms. The van der Waals surface area contributed by atoms with Crippen LogP contribution in [0.4, 0.5) is 5.13 Å². The van der Waals surface area contributed by atoms with Gasteiger partial charge in [-0.3, -0.25) is 10.1 Å². The average Bonchev–Trinajstić information content (AvgIpc) is 3.23. The number of rotatable bonds is 6. The molecule has 10 heteroatoms. The van der Waals surface area contributed by atoms with E-state index in [9.17, 15) is 13.2 Å². The van der Waals surface area contributed by atoms with Crippen molar-refractivity contribution in [3.05, 3.63) is 64.7 Å². The van der Waals surface area contributed by atoms with Crippen LogP contribution in [0, 0.1) is 0 Å². The third kappa shape index (κ3) is 5.48. The highest BCUT2D eigenvalue weighted by Crippen LogP contribution is 2.27. The average molecular weight is 477 g/mol. The lowest BCUT2D eigenvalue weighted by Gasteiger charge is -2.25. The van der Waals surface area contributed by atoms with Crippen LogP contribution in [0.25, 0.3) is 10.6 Å². The summed E-state index contributed by atoms with van der Waals surface area (Å²) in [6.45, 7) is 1.17. The third-order valence-electron chi connectivity index (χ3n) is 5.01. The van der Waals surface area contributed by atoms with Gasteiger partial charge in [-0.15, -0.1) is 10.2 Å². The van der Waals surface area contributed by atoms with Crippen LogP contribution >= 0.6 is 22.9 Å². The van der Waals surface area contributed by atoms with E-state index >= 15 is 0 Å². The molecule has 1 N–H and O–H groups in total. The molecule has 1 aromatic heterocycles. The Kier molecular flexibility index (Phi) is 6.66. The summed E-state index contributed by atoms with van der Waals surface area (Å²) in [5.74, 6) is -0.389. The van der Waals surface area contributed by atoms with Gasteiger partial charge >= 0.3 is 0 Å². The number of amides is 1. The number of halogens is 1. The Morgan fingerprint density at radius 1 is 1.00 bits per heavy atom. The summed E-state index contributed by atoms with van der Waals surface area (Å²) in [7, 11) is -3.34. The van der Waals surface area contributed by atoms with Crippen molar-refractivity contribution in [1.82, 2.24) is 14.5 Å². The van der Waals surface area contributed by atoms with Crippen molar-refractivity contribution in [2.24, 2.45) is 0 Å². The van der Waals surface area contributed by atoms with Crippen LogP contribution in [0.2, 0.25) is 5.02 Å². The monoisotopic (exact) mass is 476 g/mol. The van der Waals surface area contributed by atoms with Crippen molar-refractivity contribution in [2.75, 3.05) is 18.4 Å². The lowest BCUT2D eigenvalue weighted by atomic mass is 10.1. The van der Waals surface area contributed by atoms with Gasteiger partial charge in [-0.1, -0.05) is 53.6 Å². The maximum absolute atomic E-state index is 12.6. The number of sulfonamides is 1. The van der Waals surface area contributed by atoms with E-state index in [1.54, 1.807) is 40.7 Å². The summed E-state index contributed by atoms with van der Waals surface area (Å²) >= 11 is 7.16. The van der Waals surface area contributed by atoms with Crippen molar-refractivity contribution >= 4 is 44.0 Å². The molecular formula is C21H21ClN4O3S2. The second kappa shape index (κ2) is 9.44. The number of piperidine rings is 1. The molecule has 1 fully saturated rings. The van der Waals surface area contributed by atoms with E-state index in [0.717, 1.165) is 24.8 Å². The first kappa shape index (κ1) is 21.9. The van der Waals surface area contributed by atoms with Gasteiger partial charge in [0.25, 0.3) is 5.91 Å². The zero-order valence-electron chi connectivity index (χ0n) is 16.6. The van der Waals surface area contributed by atoms with Crippen molar-refractivity contribution in [1.29, 1.82) is 0 Å². The zero-order valence-corrected chi connectivity index (χ0v) is 19.0. The highest BCUT2D eigenvalue weighted by molar-refractivity contribution is 7.88. The molecule has 7 nitrogen and oxygen atoms in total. The number of carbonyl (C=O) groups is 1. The quantitative estimate of drug-likeness (QED) is 0.568. The molecule has 0 saturated carbocycles. The molecule has 0 bridgehead atoms. The van der Waals surface area contributed by atoms with E-state index in [1.807, 2.05) is 12.1 Å². The summed E-state index contributed by atoms with van der Waals surface area (Å²) in [6.07, 6.45) is 2.89. The van der Waals surface area contributed by atoms with Crippen LogP contribution in [-0.4, -0.2) is 41.9 Å². The van der Waals surface area contributed by atoms with Gasteiger partial charge in [0, 0.05) is 29.2 Å². The van der Waals surface area contributed by atoms with Crippen LogP contribution in [0.1, 0.15) is 35.2 Å². The first-order chi connectivity index (χ1) is 14.9. The first-order valence-corrected chi connectivity index (χ1v) is 12.7. The first-order valence-electron chi connectivity index (χ1n) is 9.88. The number of anilines is 1.